The monoisotopic (exact) mass is 1870 g/mol. The van der Waals surface area contributed by atoms with Crippen molar-refractivity contribution in [2.45, 2.75) is 229 Å². The largest absolute Gasteiger partial charge is 0.566 e. The van der Waals surface area contributed by atoms with Crippen LogP contribution in [0.2, 0.25) is 0 Å². The highest BCUT2D eigenvalue weighted by Crippen LogP contribution is 2.74. The van der Waals surface area contributed by atoms with Crippen molar-refractivity contribution in [3.05, 3.63) is 0 Å². The van der Waals surface area contributed by atoms with Gasteiger partial charge in [0.25, 0.3) is 0 Å². The molecule has 4 unspecified atom stereocenters. The summed E-state index contributed by atoms with van der Waals surface area (Å²) in [5.41, 5.74) is -18.8. The van der Waals surface area contributed by atoms with Gasteiger partial charge in [0.2, 0.25) is 0 Å². The van der Waals surface area contributed by atoms with Crippen LogP contribution in [0, 0.1) is 0 Å². The van der Waals surface area contributed by atoms with E-state index in [9.17, 15) is 296 Å². The van der Waals surface area contributed by atoms with Gasteiger partial charge in [-0.1, -0.05) is 19.3 Å². The summed E-state index contributed by atoms with van der Waals surface area (Å²) in [7, 11) is -7.79. The summed E-state index contributed by atoms with van der Waals surface area (Å²) in [4.78, 5) is 20.2. The molecule has 0 aromatic carbocycles. The molecule has 7 nitrogen and oxygen atoms in total. The number of rotatable bonds is 38. The second kappa shape index (κ2) is 30.4. The van der Waals surface area contributed by atoms with E-state index in [2.05, 4.69) is 9.05 Å². The fourth-order valence-corrected chi connectivity index (χ4v) is 7.95. The van der Waals surface area contributed by atoms with E-state index < -0.39 is 252 Å². The molecule has 0 aliphatic carbocycles. The summed E-state index contributed by atoms with van der Waals surface area (Å²) < 4.78 is 884. The molecule has 0 heterocycles. The number of hydrogen-bond acceptors (Lipinski definition) is 7. The zero-order valence-corrected chi connectivity index (χ0v) is 51.2. The lowest BCUT2D eigenvalue weighted by molar-refractivity contribution is -0.493. The molecule has 0 spiro atoms. The smallest absolute Gasteiger partial charge is 0.488 e. The lowest BCUT2D eigenvalue weighted by Gasteiger charge is -2.47. The summed E-state index contributed by atoms with van der Waals surface area (Å²) in [5, 5.41) is 8.88. The van der Waals surface area contributed by atoms with Gasteiger partial charge in [0.05, 0.1) is 6.10 Å². The Morgan fingerprint density at radius 3 is 0.625 bits per heavy atom. The predicted octanol–water partition coefficient (Wildman–Crippen LogP) is 21.0. The Labute approximate surface area is 569 Å². The highest BCUT2D eigenvalue weighted by molar-refractivity contribution is 7.30. The minimum absolute atomic E-state index is 0.354. The first-order valence-electron chi connectivity index (χ1n) is 25.2. The zero-order chi connectivity index (χ0) is 92.4. The standard InChI is InChI=1S/C20H6F35O4P.C20H13F28O3P/c21-4(22,1-3(56)2-59-60(57)58)6(24,25)8(28,29)10(32,33)12(36,37)14(40,41)16(44,45)18(48,49)17(46,47)15(42,43)13(38,39)11(34,35)9(30,31)7(26,27)5(23,19(50,51)52)20(53,54)55;21-7(5-3-1-2-4-6-51-52(49)50)8(22,23)10(25,26)12(29,30)14(33,34)16(37,38)18(41,42)17(39,40)15(35,36)13(31,32)11(27,28)9(24,19(43,44)45)20(46,47)48/h3,56H,1-2H2;7H,1-6H2. The average Bonchev–Trinajstić information content (AvgIpc) is 0.680. The topological polar surface area (TPSA) is 119 Å². The Bertz CT molecular complexity index is 3180. The Balaban J connectivity index is 0. The van der Waals surface area contributed by atoms with Gasteiger partial charge in [0.1, 0.15) is 13.2 Å². The molecule has 0 saturated heterocycles. The van der Waals surface area contributed by atoms with Gasteiger partial charge in [-0.2, -0.15) is 263 Å². The fraction of sp³-hybridized carbons (Fsp3) is 1.00. The second-order valence-electron chi connectivity index (χ2n) is 21.4. The molecular formula is C40H19F63O7P2. The van der Waals surface area contributed by atoms with Gasteiger partial charge in [0, 0.05) is 6.42 Å². The van der Waals surface area contributed by atoms with Crippen LogP contribution >= 0.6 is 16.5 Å². The number of hydrogen-bond donors (Lipinski definition) is 1. The summed E-state index contributed by atoms with van der Waals surface area (Å²) in [5.74, 6) is -231. The van der Waals surface area contributed by atoms with Crippen molar-refractivity contribution in [2.24, 2.45) is 0 Å². The van der Waals surface area contributed by atoms with E-state index in [-0.39, 0.29) is 6.42 Å². The van der Waals surface area contributed by atoms with Gasteiger partial charge in [-0.15, -0.1) is 9.05 Å². The molecule has 0 fully saturated rings. The molecule has 4 atom stereocenters. The van der Waals surface area contributed by atoms with Crippen LogP contribution in [0.4, 0.5) is 277 Å². The van der Waals surface area contributed by atoms with E-state index in [1.165, 1.54) is 0 Å². The van der Waals surface area contributed by atoms with Crippen LogP contribution in [-0.2, 0) is 18.2 Å². The quantitative estimate of drug-likeness (QED) is 0.0371. The molecule has 112 heavy (non-hydrogen) atoms. The van der Waals surface area contributed by atoms with Crippen molar-refractivity contribution in [1.82, 2.24) is 0 Å². The minimum atomic E-state index is -10.4. The van der Waals surface area contributed by atoms with Crippen LogP contribution in [0.1, 0.15) is 38.5 Å². The lowest BCUT2D eigenvalue weighted by Crippen LogP contribution is -2.80. The van der Waals surface area contributed by atoms with E-state index in [1.807, 2.05) is 0 Å². The SMILES string of the molecule is O=[P+]([O-])OCC(O)CC(F)(F)C(F)(F)C(F)(F)C(F)(F)C(F)(F)C(F)(F)C(F)(F)C(F)(F)C(F)(F)C(F)(F)C(F)(F)C(F)(F)C(F)(F)C(F)(F)C(F)(C(F)(F)F)C(F)(F)F.O=[P+]([O-])OCCCCCCC(F)C(F)(F)C(F)(F)C(F)(F)C(F)(F)C(F)(F)C(F)(F)C(F)(F)C(F)(F)C(F)(F)C(F)(F)C(F)(C(F)(F)F)C(F)(F)F. The van der Waals surface area contributed by atoms with Crippen LogP contribution in [0.15, 0.2) is 0 Å². The summed E-state index contributed by atoms with van der Waals surface area (Å²) in [6.07, 6.45) is -52.6. The van der Waals surface area contributed by atoms with Gasteiger partial charge in [-0.25, -0.2) is 13.2 Å². The van der Waals surface area contributed by atoms with E-state index >= 15 is 0 Å². The van der Waals surface area contributed by atoms with Crippen molar-refractivity contribution in [2.75, 3.05) is 13.2 Å². The van der Waals surface area contributed by atoms with E-state index in [0.29, 0.717) is 0 Å². The number of aliphatic hydroxyl groups is 1. The molecule has 0 aliphatic heterocycles. The summed E-state index contributed by atoms with van der Waals surface area (Å²) in [6.45, 7) is -2.99. The van der Waals surface area contributed by atoms with Gasteiger partial charge in [-0.3, -0.25) is 0 Å². The van der Waals surface area contributed by atoms with Crippen LogP contribution < -0.4 is 9.79 Å². The van der Waals surface area contributed by atoms with E-state index in [1.54, 1.807) is 0 Å². The Kier molecular flexibility index (Phi) is 29.8. The lowest BCUT2D eigenvalue weighted by atomic mass is 9.81. The molecule has 0 aliphatic rings. The van der Waals surface area contributed by atoms with E-state index in [4.69, 9.17) is 5.11 Å². The second-order valence-corrected chi connectivity index (χ2v) is 22.8. The van der Waals surface area contributed by atoms with Crippen molar-refractivity contribution in [3.8, 4) is 0 Å². The zero-order valence-electron chi connectivity index (χ0n) is 49.4. The van der Waals surface area contributed by atoms with Crippen LogP contribution in [-0.4, -0.2) is 209 Å². The Morgan fingerprint density at radius 2 is 0.429 bits per heavy atom. The maximum atomic E-state index is 14.0. The highest BCUT2D eigenvalue weighted by Gasteiger charge is 3.05. The highest BCUT2D eigenvalue weighted by atomic mass is 31.1. The van der Waals surface area contributed by atoms with Gasteiger partial charge in [0.15, 0.2) is 6.17 Å². The molecular weight excluding hydrogens is 1850 g/mol. The number of aliphatic hydroxyl groups excluding tert-OH is 1. The van der Waals surface area contributed by atoms with Crippen molar-refractivity contribution in [1.29, 1.82) is 0 Å². The number of unbranched alkanes of at least 4 members (excludes halogenated alkanes) is 3. The molecule has 0 amide bonds. The Hall–Kier alpha value is -4.41. The van der Waals surface area contributed by atoms with Crippen LogP contribution in [0.25, 0.3) is 0 Å². The average molecular weight is 1870 g/mol. The molecule has 0 radical (unpaired) electrons. The van der Waals surface area contributed by atoms with E-state index in [0.717, 1.165) is 0 Å². The van der Waals surface area contributed by atoms with Crippen molar-refractivity contribution >= 4 is 16.5 Å². The third kappa shape index (κ3) is 15.4. The normalized spacial score (nSPS) is 17.3. The molecule has 1 N–H and O–H groups in total. The van der Waals surface area contributed by atoms with Crippen molar-refractivity contribution < 1.29 is 310 Å². The van der Waals surface area contributed by atoms with Crippen LogP contribution in [0.3, 0.4) is 0 Å². The first-order chi connectivity index (χ1) is 47.6. The molecule has 672 valence electrons. The fourth-order valence-electron chi connectivity index (χ4n) is 7.38. The van der Waals surface area contributed by atoms with Gasteiger partial charge < -0.3 is 14.9 Å². The molecule has 0 aromatic rings. The molecule has 0 bridgehead atoms. The minimum Gasteiger partial charge on any atom is -0.566 e. The summed E-state index contributed by atoms with van der Waals surface area (Å²) in [6, 6.07) is 0. The van der Waals surface area contributed by atoms with Gasteiger partial charge >= 0.3 is 195 Å². The first kappa shape index (κ1) is 110. The number of alkyl halides is 63. The maximum Gasteiger partial charge on any atom is 0.488 e. The summed E-state index contributed by atoms with van der Waals surface area (Å²) >= 11 is 0. The first-order valence-corrected chi connectivity index (χ1v) is 27.4. The molecule has 0 saturated carbocycles. The van der Waals surface area contributed by atoms with Crippen molar-refractivity contribution in [3.63, 3.8) is 0 Å². The predicted molar refractivity (Wildman–Crippen MR) is 216 cm³/mol. The molecule has 72 heteroatoms. The third-order valence-corrected chi connectivity index (χ3v) is 14.8. The maximum absolute atomic E-state index is 14.0. The van der Waals surface area contributed by atoms with Crippen LogP contribution in [0.5, 0.6) is 0 Å². The Morgan fingerprint density at radius 1 is 0.250 bits per heavy atom. The van der Waals surface area contributed by atoms with Gasteiger partial charge in [-0.05, 0) is 22.0 Å². The molecule has 0 aromatic heterocycles. The molecule has 0 rings (SSSR count). The number of halogens is 63. The third-order valence-electron chi connectivity index (χ3n) is 14.0.